The number of imide groups is 1. The van der Waals surface area contributed by atoms with E-state index in [9.17, 15) is 14.4 Å². The molecule has 0 saturated carbocycles. The van der Waals surface area contributed by atoms with Crippen LogP contribution in [0.15, 0.2) is 66.7 Å². The van der Waals surface area contributed by atoms with Crippen LogP contribution in [0, 0.1) is 25.7 Å². The summed E-state index contributed by atoms with van der Waals surface area (Å²) in [5.74, 6) is -2.02. The topological polar surface area (TPSA) is 54.5 Å². The molecule has 0 N–H and O–H groups in total. The molecule has 4 aliphatic rings. The van der Waals surface area contributed by atoms with Gasteiger partial charge in [-0.1, -0.05) is 54.6 Å². The fourth-order valence-corrected chi connectivity index (χ4v) is 6.15. The van der Waals surface area contributed by atoms with E-state index in [-0.39, 0.29) is 17.7 Å². The number of rotatable bonds is 2. The Morgan fingerprint density at radius 2 is 1.42 bits per heavy atom. The smallest absolute Gasteiger partial charge is 0.239 e. The van der Waals surface area contributed by atoms with E-state index in [4.69, 9.17) is 0 Å². The third-order valence-corrected chi connectivity index (χ3v) is 7.62. The molecule has 1 heterocycles. The van der Waals surface area contributed by atoms with Crippen molar-refractivity contribution in [3.05, 3.63) is 100 Å². The first-order valence-corrected chi connectivity index (χ1v) is 10.6. The number of aldehydes is 1. The van der Waals surface area contributed by atoms with Crippen molar-refractivity contribution >= 4 is 23.8 Å². The van der Waals surface area contributed by atoms with Crippen LogP contribution in [-0.4, -0.2) is 18.1 Å². The summed E-state index contributed by atoms with van der Waals surface area (Å²) in [6.07, 6.45) is 0.910. The molecule has 0 spiro atoms. The van der Waals surface area contributed by atoms with E-state index in [2.05, 4.69) is 0 Å². The zero-order valence-corrected chi connectivity index (χ0v) is 17.3. The van der Waals surface area contributed by atoms with Gasteiger partial charge in [0.2, 0.25) is 11.8 Å². The van der Waals surface area contributed by atoms with Crippen molar-refractivity contribution in [3.63, 3.8) is 0 Å². The van der Waals surface area contributed by atoms with E-state index in [0.29, 0.717) is 5.69 Å². The van der Waals surface area contributed by atoms with Gasteiger partial charge in [-0.2, -0.15) is 0 Å². The van der Waals surface area contributed by atoms with Crippen LogP contribution < -0.4 is 4.90 Å². The summed E-state index contributed by atoms with van der Waals surface area (Å²) in [5.41, 5.74) is 5.25. The molecule has 1 fully saturated rings. The third kappa shape index (κ3) is 2.03. The van der Waals surface area contributed by atoms with Crippen LogP contribution in [0.25, 0.3) is 0 Å². The Kier molecular flexibility index (Phi) is 3.54. The molecule has 3 aromatic rings. The minimum Gasteiger partial charge on any atom is -0.302 e. The molecule has 1 aliphatic heterocycles. The molecular formula is C27H21NO3. The Morgan fingerprint density at radius 3 is 2.00 bits per heavy atom. The molecule has 152 valence electrons. The van der Waals surface area contributed by atoms with Crippen molar-refractivity contribution in [3.8, 4) is 0 Å². The number of amides is 2. The summed E-state index contributed by atoms with van der Waals surface area (Å²) < 4.78 is 0. The fourth-order valence-electron chi connectivity index (χ4n) is 6.15. The highest BCUT2D eigenvalue weighted by Gasteiger charge is 2.68. The maximum atomic E-state index is 13.9. The molecule has 3 aliphatic carbocycles. The number of anilines is 1. The fraction of sp³-hybridized carbons (Fsp3) is 0.222. The van der Waals surface area contributed by atoms with Crippen LogP contribution in [0.4, 0.5) is 5.69 Å². The molecule has 0 radical (unpaired) electrons. The van der Waals surface area contributed by atoms with Crippen LogP contribution >= 0.6 is 0 Å². The molecule has 2 bridgehead atoms. The van der Waals surface area contributed by atoms with Crippen molar-refractivity contribution in [2.24, 2.45) is 11.8 Å². The third-order valence-electron chi connectivity index (χ3n) is 7.62. The lowest BCUT2D eigenvalue weighted by atomic mass is 9.48. The van der Waals surface area contributed by atoms with E-state index in [1.54, 1.807) is 0 Å². The van der Waals surface area contributed by atoms with Crippen molar-refractivity contribution in [1.29, 1.82) is 0 Å². The van der Waals surface area contributed by atoms with Gasteiger partial charge >= 0.3 is 0 Å². The van der Waals surface area contributed by atoms with Gasteiger partial charge in [0, 0.05) is 5.92 Å². The van der Waals surface area contributed by atoms with Crippen LogP contribution in [-0.2, 0) is 19.8 Å². The number of carbonyl (C=O) groups excluding carboxylic acids is 3. The second kappa shape index (κ2) is 6.01. The summed E-state index contributed by atoms with van der Waals surface area (Å²) in [4.78, 5) is 41.9. The Hall–Kier alpha value is -3.53. The van der Waals surface area contributed by atoms with Crippen molar-refractivity contribution < 1.29 is 14.4 Å². The summed E-state index contributed by atoms with van der Waals surface area (Å²) in [7, 11) is 0. The van der Waals surface area contributed by atoms with E-state index in [1.165, 1.54) is 4.90 Å². The second-order valence-corrected chi connectivity index (χ2v) is 8.92. The summed E-state index contributed by atoms with van der Waals surface area (Å²) in [6, 6.07) is 21.2. The average Bonchev–Trinajstić information content (AvgIpc) is 3.07. The number of nitrogens with zero attached hydrogens (tertiary/aromatic N) is 1. The average molecular weight is 407 g/mol. The van der Waals surface area contributed by atoms with Gasteiger partial charge in [-0.25, -0.2) is 4.90 Å². The van der Waals surface area contributed by atoms with Crippen LogP contribution in [0.3, 0.4) is 0 Å². The maximum Gasteiger partial charge on any atom is 0.239 e. The van der Waals surface area contributed by atoms with E-state index < -0.39 is 17.3 Å². The largest absolute Gasteiger partial charge is 0.302 e. The minimum atomic E-state index is -1.15. The molecule has 4 heteroatoms. The number of hydrogen-bond acceptors (Lipinski definition) is 3. The van der Waals surface area contributed by atoms with Gasteiger partial charge in [0.1, 0.15) is 6.29 Å². The van der Waals surface area contributed by atoms with Crippen LogP contribution in [0.1, 0.15) is 39.3 Å². The zero-order valence-electron chi connectivity index (χ0n) is 17.3. The van der Waals surface area contributed by atoms with Gasteiger partial charge in [-0.15, -0.1) is 0 Å². The first kappa shape index (κ1) is 18.3. The molecular weight excluding hydrogens is 386 g/mol. The standard InChI is InChI=1S/C27H21NO3/c1-15-11-12-17(13-16(15)2)28-25(30)23-22-18-7-3-5-9-20(18)27(14-29,24(23)26(28)31)21-10-6-4-8-19(21)22/h3-14,22-24H,1-2H3/t22?,23-,24+,27?/m0/s1. The molecule has 2 atom stereocenters. The van der Waals surface area contributed by atoms with Crippen LogP contribution in [0.5, 0.6) is 0 Å². The number of carbonyl (C=O) groups is 3. The van der Waals surface area contributed by atoms with Gasteiger partial charge in [-0.3, -0.25) is 9.59 Å². The van der Waals surface area contributed by atoms with Gasteiger partial charge in [0.15, 0.2) is 0 Å². The summed E-state index contributed by atoms with van der Waals surface area (Å²) in [6.45, 7) is 3.97. The Labute approximate surface area is 180 Å². The normalized spacial score (nSPS) is 27.7. The number of benzene rings is 3. The maximum absolute atomic E-state index is 13.9. The van der Waals surface area contributed by atoms with Crippen molar-refractivity contribution in [1.82, 2.24) is 0 Å². The van der Waals surface area contributed by atoms with Gasteiger partial charge in [0.25, 0.3) is 0 Å². The highest BCUT2D eigenvalue weighted by molar-refractivity contribution is 6.24. The molecule has 0 aromatic heterocycles. The summed E-state index contributed by atoms with van der Waals surface area (Å²) >= 11 is 0. The second-order valence-electron chi connectivity index (χ2n) is 8.92. The Bertz CT molecular complexity index is 1260. The van der Waals surface area contributed by atoms with Gasteiger partial charge in [0.05, 0.1) is 22.9 Å². The molecule has 3 aromatic carbocycles. The quantitative estimate of drug-likeness (QED) is 0.476. The SMILES string of the molecule is Cc1ccc(N2C(=O)[C@H]3C4c5ccccc5C(C=O)(c5ccccc54)[C@H]3C2=O)cc1C. The number of hydrogen-bond donors (Lipinski definition) is 0. The molecule has 7 rings (SSSR count). The summed E-state index contributed by atoms with van der Waals surface area (Å²) in [5, 5.41) is 0. The first-order chi connectivity index (χ1) is 15.0. The molecule has 1 saturated heterocycles. The lowest BCUT2D eigenvalue weighted by Crippen LogP contribution is -2.54. The predicted octanol–water partition coefficient (Wildman–Crippen LogP) is 4.05. The lowest BCUT2D eigenvalue weighted by Gasteiger charge is -2.51. The van der Waals surface area contributed by atoms with E-state index in [0.717, 1.165) is 39.7 Å². The molecule has 0 unspecified atom stereocenters. The Morgan fingerprint density at radius 1 is 0.806 bits per heavy atom. The van der Waals surface area contributed by atoms with E-state index >= 15 is 0 Å². The zero-order chi connectivity index (χ0) is 21.5. The monoisotopic (exact) mass is 407 g/mol. The van der Waals surface area contributed by atoms with Crippen molar-refractivity contribution in [2.45, 2.75) is 25.2 Å². The van der Waals surface area contributed by atoms with Gasteiger partial charge in [-0.05, 0) is 59.4 Å². The predicted molar refractivity (Wildman–Crippen MR) is 117 cm³/mol. The Balaban J connectivity index is 1.63. The van der Waals surface area contributed by atoms with Gasteiger partial charge < -0.3 is 4.79 Å². The van der Waals surface area contributed by atoms with Crippen molar-refractivity contribution in [2.75, 3.05) is 4.90 Å². The lowest BCUT2D eigenvalue weighted by molar-refractivity contribution is -0.128. The molecule has 2 amide bonds. The first-order valence-electron chi connectivity index (χ1n) is 10.6. The minimum absolute atomic E-state index is 0.210. The van der Waals surface area contributed by atoms with E-state index in [1.807, 2.05) is 80.6 Å². The molecule has 4 nitrogen and oxygen atoms in total. The highest BCUT2D eigenvalue weighted by atomic mass is 16.2. The number of aryl methyl sites for hydroxylation is 2. The van der Waals surface area contributed by atoms with Crippen LogP contribution in [0.2, 0.25) is 0 Å². The molecule has 31 heavy (non-hydrogen) atoms. The highest BCUT2D eigenvalue weighted by Crippen LogP contribution is 2.63.